The van der Waals surface area contributed by atoms with Gasteiger partial charge in [0.25, 0.3) is 5.03 Å². The average Bonchev–Trinajstić information content (AvgIpc) is 3.02. The third kappa shape index (κ3) is 5.41. The summed E-state index contributed by atoms with van der Waals surface area (Å²) in [5, 5.41) is 18.0. The Balaban J connectivity index is 1.70. The molecule has 0 bridgehead atoms. The molecule has 7 nitrogen and oxygen atoms in total. The molecule has 0 radical (unpaired) electrons. The summed E-state index contributed by atoms with van der Waals surface area (Å²) in [6.45, 7) is 1.90. The van der Waals surface area contributed by atoms with Crippen LogP contribution in [0.3, 0.4) is 0 Å². The van der Waals surface area contributed by atoms with Gasteiger partial charge in [-0.3, -0.25) is 4.79 Å². The van der Waals surface area contributed by atoms with Gasteiger partial charge >= 0.3 is 6.36 Å². The number of ether oxygens (including phenoxy) is 1. The summed E-state index contributed by atoms with van der Waals surface area (Å²) >= 11 is 0.845. The molecular weight excluding hydrogens is 411 g/mol. The van der Waals surface area contributed by atoms with E-state index in [1.165, 1.54) is 22.9 Å². The molecule has 3 rings (SSSR count). The number of carbonyl (C=O) groups excluding carboxylic acids is 1. The van der Waals surface area contributed by atoms with Gasteiger partial charge in [-0.15, -0.1) is 13.2 Å². The molecule has 1 heterocycles. The summed E-state index contributed by atoms with van der Waals surface area (Å²) in [7, 11) is 0. The summed E-state index contributed by atoms with van der Waals surface area (Å²) in [4.78, 5) is 12.2. The van der Waals surface area contributed by atoms with E-state index < -0.39 is 24.0 Å². The maximum Gasteiger partial charge on any atom is 0.573 e. The molecule has 0 fully saturated rings. The van der Waals surface area contributed by atoms with Crippen LogP contribution in [0, 0.1) is 6.92 Å². The van der Waals surface area contributed by atoms with Crippen molar-refractivity contribution in [3.8, 4) is 17.4 Å². The van der Waals surface area contributed by atoms with Crippen LogP contribution in [0.15, 0.2) is 58.1 Å². The van der Waals surface area contributed by atoms with Crippen LogP contribution in [-0.2, 0) is 4.79 Å². The minimum Gasteiger partial charge on any atom is -0.538 e. The number of hydrogen-bond donors (Lipinski definition) is 1. The first kappa shape index (κ1) is 20.5. The molecule has 0 atom stereocenters. The van der Waals surface area contributed by atoms with Crippen LogP contribution in [-0.4, -0.2) is 23.3 Å². The van der Waals surface area contributed by atoms with Gasteiger partial charge < -0.3 is 19.7 Å². The Hall–Kier alpha value is -3.21. The smallest absolute Gasteiger partial charge is 0.538 e. The molecule has 0 aliphatic heterocycles. The van der Waals surface area contributed by atoms with E-state index in [4.69, 9.17) is 0 Å². The van der Waals surface area contributed by atoms with Crippen molar-refractivity contribution in [2.45, 2.75) is 18.3 Å². The molecule has 3 aromatic rings. The predicted octanol–water partition coefficient (Wildman–Crippen LogP) is 2.96. The Morgan fingerprint density at radius 2 is 1.93 bits per heavy atom. The van der Waals surface area contributed by atoms with Crippen LogP contribution in [0.1, 0.15) is 5.56 Å². The van der Waals surface area contributed by atoms with Gasteiger partial charge in [0.05, 0.1) is 16.7 Å². The number of aryl methyl sites for hydroxylation is 1. The van der Waals surface area contributed by atoms with E-state index in [2.05, 4.69) is 19.8 Å². The van der Waals surface area contributed by atoms with Crippen LogP contribution in [0.5, 0.6) is 11.7 Å². The number of thioether (sulfide) groups is 1. The first-order valence-corrected chi connectivity index (χ1v) is 9.15. The predicted molar refractivity (Wildman–Crippen MR) is 94.7 cm³/mol. The molecule has 29 heavy (non-hydrogen) atoms. The molecule has 2 aromatic carbocycles. The van der Waals surface area contributed by atoms with Crippen molar-refractivity contribution >= 4 is 23.4 Å². The third-order valence-corrected chi connectivity index (χ3v) is 4.60. The zero-order valence-electron chi connectivity index (χ0n) is 14.9. The Morgan fingerprint density at radius 1 is 1.24 bits per heavy atom. The topological polar surface area (TPSA) is 91.3 Å². The second-order valence-corrected chi connectivity index (χ2v) is 6.76. The normalized spacial score (nSPS) is 11.3. The van der Waals surface area contributed by atoms with Crippen LogP contribution in [0.2, 0.25) is 0 Å². The minimum atomic E-state index is -4.89. The van der Waals surface area contributed by atoms with Crippen LogP contribution in [0.25, 0.3) is 5.69 Å². The fraction of sp³-hybridized carbons (Fsp3) is 0.167. The minimum absolute atomic E-state index is 0.0591. The Labute approximate surface area is 167 Å². The first-order valence-electron chi connectivity index (χ1n) is 8.16. The fourth-order valence-electron chi connectivity index (χ4n) is 2.31. The zero-order valence-corrected chi connectivity index (χ0v) is 15.7. The molecule has 0 spiro atoms. The number of halogens is 3. The number of nitrogens with zero attached hydrogens (tertiary/aromatic N) is 2. The Kier molecular flexibility index (Phi) is 5.97. The standard InChI is InChI=1S/C18H14F3N3O4S/c1-11-6-8-12(9-7-11)24-16(17(26)28-23-24)29-10-15(25)22-13-4-2-3-5-14(13)27-18(19,20)21/h2-9H,10H2,1H3,(H-,22,23,25,26). The zero-order chi connectivity index (χ0) is 21.0. The van der Waals surface area contributed by atoms with Gasteiger partial charge in [-0.25, -0.2) is 0 Å². The van der Waals surface area contributed by atoms with Crippen molar-refractivity contribution in [3.05, 3.63) is 54.1 Å². The van der Waals surface area contributed by atoms with E-state index in [0.717, 1.165) is 23.4 Å². The maximum atomic E-state index is 12.5. The highest BCUT2D eigenvalue weighted by molar-refractivity contribution is 7.99. The number of carbonyl (C=O) groups is 1. The summed E-state index contributed by atoms with van der Waals surface area (Å²) in [6.07, 6.45) is -4.89. The number of nitrogens with one attached hydrogen (secondary N) is 1. The quantitative estimate of drug-likeness (QED) is 0.482. The van der Waals surface area contributed by atoms with E-state index in [9.17, 15) is 23.1 Å². The molecule has 0 saturated heterocycles. The molecule has 1 aromatic heterocycles. The number of aromatic nitrogens is 2. The molecule has 1 amide bonds. The van der Waals surface area contributed by atoms with Crippen molar-refractivity contribution in [3.63, 3.8) is 0 Å². The summed E-state index contributed by atoms with van der Waals surface area (Å²) in [5.74, 6) is -2.17. The van der Waals surface area contributed by atoms with Gasteiger partial charge in [0.15, 0.2) is 11.7 Å². The van der Waals surface area contributed by atoms with E-state index in [1.807, 2.05) is 19.1 Å². The number of benzene rings is 2. The lowest BCUT2D eigenvalue weighted by Crippen LogP contribution is -2.35. The number of rotatable bonds is 6. The van der Waals surface area contributed by atoms with Gasteiger partial charge in [0, 0.05) is 12.1 Å². The second kappa shape index (κ2) is 8.43. The Bertz CT molecular complexity index is 1010. The summed E-state index contributed by atoms with van der Waals surface area (Å²) in [5.41, 5.74) is 1.43. The van der Waals surface area contributed by atoms with Crippen LogP contribution < -0.4 is 19.8 Å². The van der Waals surface area contributed by atoms with Gasteiger partial charge in [0.1, 0.15) is 0 Å². The van der Waals surface area contributed by atoms with E-state index in [-0.39, 0.29) is 16.5 Å². The summed E-state index contributed by atoms with van der Waals surface area (Å²) < 4.78 is 47.2. The van der Waals surface area contributed by atoms with Crippen molar-refractivity contribution < 1.29 is 37.0 Å². The van der Waals surface area contributed by atoms with Crippen molar-refractivity contribution in [1.82, 2.24) is 5.27 Å². The van der Waals surface area contributed by atoms with E-state index in [1.54, 1.807) is 12.1 Å². The second-order valence-electron chi connectivity index (χ2n) is 5.79. The highest BCUT2D eigenvalue weighted by Crippen LogP contribution is 2.30. The average molecular weight is 425 g/mol. The number of para-hydroxylation sites is 2. The maximum absolute atomic E-state index is 12.5. The molecule has 0 aliphatic rings. The molecule has 0 aliphatic carbocycles. The molecule has 152 valence electrons. The van der Waals surface area contributed by atoms with Crippen LogP contribution >= 0.6 is 11.8 Å². The van der Waals surface area contributed by atoms with E-state index in [0.29, 0.717) is 5.69 Å². The SMILES string of the molecule is Cc1ccc(-[n+]2noc([O-])c2SCC(=O)Nc2ccccc2OC(F)(F)F)cc1. The van der Waals surface area contributed by atoms with Crippen LogP contribution in [0.4, 0.5) is 18.9 Å². The number of anilines is 1. The highest BCUT2D eigenvalue weighted by atomic mass is 32.2. The van der Waals surface area contributed by atoms with Gasteiger partial charge in [-0.05, 0) is 35.5 Å². The number of alkyl halides is 3. The highest BCUT2D eigenvalue weighted by Gasteiger charge is 2.32. The fourth-order valence-corrected chi connectivity index (χ4v) is 3.07. The first-order chi connectivity index (χ1) is 13.7. The lowest BCUT2D eigenvalue weighted by Gasteiger charge is -2.13. The van der Waals surface area contributed by atoms with Gasteiger partial charge in [-0.1, -0.05) is 29.8 Å². The number of amides is 1. The van der Waals surface area contributed by atoms with Gasteiger partial charge in [0.2, 0.25) is 11.6 Å². The molecule has 1 N–H and O–H groups in total. The van der Waals surface area contributed by atoms with Crippen molar-refractivity contribution in [2.75, 3.05) is 11.1 Å². The van der Waals surface area contributed by atoms with Gasteiger partial charge in [-0.2, -0.15) is 0 Å². The van der Waals surface area contributed by atoms with Crippen molar-refractivity contribution in [1.29, 1.82) is 0 Å². The summed E-state index contributed by atoms with van der Waals surface area (Å²) in [6, 6.07) is 12.2. The lowest BCUT2D eigenvalue weighted by atomic mass is 10.2. The monoisotopic (exact) mass is 425 g/mol. The Morgan fingerprint density at radius 3 is 2.62 bits per heavy atom. The van der Waals surface area contributed by atoms with Crippen molar-refractivity contribution in [2.24, 2.45) is 0 Å². The molecule has 0 saturated carbocycles. The molecular formula is C18H14F3N3O4S. The lowest BCUT2D eigenvalue weighted by molar-refractivity contribution is -0.705. The number of hydrogen-bond acceptors (Lipinski definition) is 6. The molecule has 0 unspecified atom stereocenters. The third-order valence-electron chi connectivity index (χ3n) is 3.58. The van der Waals surface area contributed by atoms with E-state index >= 15 is 0 Å². The molecule has 11 heteroatoms. The largest absolute Gasteiger partial charge is 0.573 e.